The van der Waals surface area contributed by atoms with Crippen LogP contribution in [0.1, 0.15) is 5.56 Å². The second-order valence-electron chi connectivity index (χ2n) is 7.58. The highest BCUT2D eigenvalue weighted by Gasteiger charge is 2.49. The normalized spacial score (nSPS) is 26.5. The topological polar surface area (TPSA) is 215 Å². The Morgan fingerprint density at radius 2 is 1.85 bits per heavy atom. The summed E-state index contributed by atoms with van der Waals surface area (Å²) in [5, 5.41) is 21.0. The minimum atomic E-state index is -5.33. The monoisotopic (exact) mass is 520 g/mol. The Morgan fingerprint density at radius 3 is 2.53 bits per heavy atom. The Hall–Kier alpha value is -2.16. The summed E-state index contributed by atoms with van der Waals surface area (Å²) >= 11 is 0. The number of aromatic nitrogens is 2. The fourth-order valence-electron chi connectivity index (χ4n) is 3.78. The van der Waals surface area contributed by atoms with Gasteiger partial charge in [-0.15, -0.1) is 0 Å². The maximum Gasteiger partial charge on any atom is 0.481 e. The third-order valence-electron chi connectivity index (χ3n) is 5.19. The summed E-state index contributed by atoms with van der Waals surface area (Å²) in [6.45, 7) is -0.434. The average molecular weight is 520 g/mol. The van der Waals surface area contributed by atoms with E-state index in [0.717, 1.165) is 5.56 Å². The lowest BCUT2D eigenvalue weighted by Gasteiger charge is -2.28. The highest BCUT2D eigenvalue weighted by atomic mass is 31.3. The van der Waals surface area contributed by atoms with Crippen LogP contribution in [0.3, 0.4) is 0 Å². The number of aliphatic hydroxyl groups is 2. The molecule has 0 spiro atoms. The number of benzene rings is 1. The molecule has 6 N–H and O–H groups in total. The van der Waals surface area contributed by atoms with Crippen molar-refractivity contribution in [1.29, 1.82) is 0 Å². The fourth-order valence-corrected chi connectivity index (χ4v) is 5.38. The molecule has 0 bridgehead atoms. The van der Waals surface area contributed by atoms with Gasteiger partial charge in [0.2, 0.25) is 0 Å². The van der Waals surface area contributed by atoms with Crippen molar-refractivity contribution in [2.75, 3.05) is 23.1 Å². The first-order valence-electron chi connectivity index (χ1n) is 9.84. The van der Waals surface area contributed by atoms with Crippen LogP contribution in [0.4, 0.5) is 11.5 Å². The smallest absolute Gasteiger partial charge is 0.387 e. The molecule has 0 aliphatic carbocycles. The van der Waals surface area contributed by atoms with Crippen molar-refractivity contribution >= 4 is 27.2 Å². The van der Waals surface area contributed by atoms with Gasteiger partial charge in [-0.3, -0.25) is 9.32 Å². The van der Waals surface area contributed by atoms with Gasteiger partial charge in [0, 0.05) is 6.54 Å². The quantitative estimate of drug-likeness (QED) is 0.236. The van der Waals surface area contributed by atoms with Crippen LogP contribution in [0.5, 0.6) is 0 Å². The summed E-state index contributed by atoms with van der Waals surface area (Å²) in [6.07, 6.45) is -4.55. The maximum atomic E-state index is 12.5. The lowest BCUT2D eigenvalue weighted by molar-refractivity contribution is -0.0217. The van der Waals surface area contributed by atoms with Gasteiger partial charge in [0.05, 0.1) is 19.6 Å². The number of H-pyrrole nitrogens is 1. The summed E-state index contributed by atoms with van der Waals surface area (Å²) in [4.78, 5) is 49.2. The number of hydrogen-bond donors (Lipinski definition) is 6. The Balaban J connectivity index is 1.51. The lowest BCUT2D eigenvalue weighted by atomic mass is 10.1. The minimum Gasteiger partial charge on any atom is -0.387 e. The Labute approximate surface area is 192 Å². The molecule has 4 rings (SSSR count). The molecular formula is C17H22N4O11P2. The molecule has 2 aliphatic heterocycles. The maximum absolute atomic E-state index is 12.5. The van der Waals surface area contributed by atoms with E-state index in [1.807, 2.05) is 30.3 Å². The van der Waals surface area contributed by atoms with Crippen LogP contribution in [0.25, 0.3) is 0 Å². The molecule has 17 heteroatoms. The van der Waals surface area contributed by atoms with E-state index in [-0.39, 0.29) is 18.2 Å². The zero-order valence-electron chi connectivity index (χ0n) is 17.3. The van der Waals surface area contributed by atoms with E-state index in [9.17, 15) is 29.0 Å². The van der Waals surface area contributed by atoms with E-state index in [2.05, 4.69) is 18.8 Å². The number of fused-ring (bicyclic) bond motifs is 1. The van der Waals surface area contributed by atoms with E-state index < -0.39 is 52.4 Å². The summed E-state index contributed by atoms with van der Waals surface area (Å²) in [7, 11) is -10.5. The van der Waals surface area contributed by atoms with Crippen LogP contribution >= 0.6 is 15.6 Å². The van der Waals surface area contributed by atoms with E-state index in [4.69, 9.17) is 14.5 Å². The number of phosphoric ester groups is 1. The first-order chi connectivity index (χ1) is 16.0. The Bertz CT molecular complexity index is 1180. The number of rotatable bonds is 8. The van der Waals surface area contributed by atoms with Gasteiger partial charge in [0.15, 0.2) is 12.0 Å². The summed E-state index contributed by atoms with van der Waals surface area (Å²) < 4.78 is 36.3. The van der Waals surface area contributed by atoms with Gasteiger partial charge < -0.3 is 44.4 Å². The highest BCUT2D eigenvalue weighted by molar-refractivity contribution is 7.60. The van der Waals surface area contributed by atoms with Crippen LogP contribution in [0.2, 0.25) is 0 Å². The van der Waals surface area contributed by atoms with Gasteiger partial charge in [-0.25, -0.2) is 14.1 Å². The lowest BCUT2D eigenvalue weighted by Crippen LogP contribution is -2.46. The van der Waals surface area contributed by atoms with Gasteiger partial charge in [0.1, 0.15) is 24.0 Å². The number of ether oxygens (including phenoxy) is 1. The van der Waals surface area contributed by atoms with Crippen LogP contribution in [-0.4, -0.2) is 72.7 Å². The number of nitrogens with one attached hydrogen (secondary N) is 1. The Morgan fingerprint density at radius 1 is 1.15 bits per heavy atom. The van der Waals surface area contributed by atoms with Gasteiger partial charge in [-0.2, -0.15) is 4.31 Å². The molecule has 1 aromatic carbocycles. The average Bonchev–Trinajstić information content (AvgIpc) is 3.24. The highest BCUT2D eigenvalue weighted by Crippen LogP contribution is 2.57. The third-order valence-corrected chi connectivity index (χ3v) is 7.34. The summed E-state index contributed by atoms with van der Waals surface area (Å²) in [5.74, 6) is 0.190. The molecule has 186 valence electrons. The predicted octanol–water partition coefficient (Wildman–Crippen LogP) is -0.773. The molecule has 1 fully saturated rings. The molecule has 3 heterocycles. The van der Waals surface area contributed by atoms with E-state index in [0.29, 0.717) is 6.54 Å². The van der Waals surface area contributed by atoms with Gasteiger partial charge in [-0.05, 0) is 5.56 Å². The van der Waals surface area contributed by atoms with Crippen LogP contribution in [0.15, 0.2) is 41.5 Å². The van der Waals surface area contributed by atoms with Crippen molar-refractivity contribution < 1.29 is 47.6 Å². The first-order valence-corrected chi connectivity index (χ1v) is 12.9. The zero-order chi connectivity index (χ0) is 24.7. The Kier molecular flexibility index (Phi) is 6.95. The predicted molar refractivity (Wildman–Crippen MR) is 114 cm³/mol. The van der Waals surface area contributed by atoms with Crippen molar-refractivity contribution in [3.8, 4) is 0 Å². The molecule has 0 saturated carbocycles. The number of nitrogens with zero attached hydrogens (tertiary/aromatic N) is 3. The SMILES string of the molecule is O=c1[nH]cnc2c1N(Cc1ccccc1)CN2[C@@H]1O[C@H](COP(=O)(O)OP(=O)(O)O)[C@@H](O)[C@H]1O. The van der Waals surface area contributed by atoms with Gasteiger partial charge in [-0.1, -0.05) is 30.3 Å². The summed E-state index contributed by atoms with van der Waals surface area (Å²) in [5.41, 5.74) is 0.708. The zero-order valence-corrected chi connectivity index (χ0v) is 19.1. The van der Waals surface area contributed by atoms with E-state index in [1.165, 1.54) is 11.2 Å². The number of aliphatic hydroxyl groups excluding tert-OH is 2. The molecular weight excluding hydrogens is 498 g/mol. The van der Waals surface area contributed by atoms with E-state index >= 15 is 0 Å². The van der Waals surface area contributed by atoms with Crippen LogP contribution in [0, 0.1) is 0 Å². The van der Waals surface area contributed by atoms with Crippen molar-refractivity contribution in [3.05, 3.63) is 52.6 Å². The van der Waals surface area contributed by atoms with Crippen molar-refractivity contribution in [1.82, 2.24) is 9.97 Å². The van der Waals surface area contributed by atoms with Crippen molar-refractivity contribution in [2.45, 2.75) is 31.1 Å². The molecule has 34 heavy (non-hydrogen) atoms. The minimum absolute atomic E-state index is 0.0617. The van der Waals surface area contributed by atoms with E-state index in [1.54, 1.807) is 4.90 Å². The molecule has 2 aromatic rings. The first kappa shape index (κ1) is 24.9. The van der Waals surface area contributed by atoms with Crippen molar-refractivity contribution in [3.63, 3.8) is 0 Å². The molecule has 5 atom stereocenters. The second-order valence-corrected chi connectivity index (χ2v) is 10.4. The standard InChI is InChI=1S/C17H22N4O11P2/c22-13-11(7-30-34(28,29)32-33(25,26)27)31-17(14(13)23)21-9-20(6-10-4-2-1-3-5-10)12-15(21)18-8-19-16(12)24/h1-5,8,11,13-14,17,22-23H,6-7,9H2,(H,28,29)(H,18,19,24)(H2,25,26,27)/t11-,13-,14-,17-/m1/s1. The summed E-state index contributed by atoms with van der Waals surface area (Å²) in [6, 6.07) is 9.29. The third kappa shape index (κ3) is 5.39. The largest absolute Gasteiger partial charge is 0.481 e. The van der Waals surface area contributed by atoms with Crippen molar-refractivity contribution in [2.24, 2.45) is 0 Å². The molecule has 1 unspecified atom stereocenters. The number of hydrogen-bond acceptors (Lipinski definition) is 11. The molecule has 15 nitrogen and oxygen atoms in total. The number of aromatic amines is 1. The molecule has 2 aliphatic rings. The molecule has 1 aromatic heterocycles. The molecule has 0 radical (unpaired) electrons. The molecule has 0 amide bonds. The van der Waals surface area contributed by atoms with Gasteiger partial charge in [0.25, 0.3) is 5.56 Å². The van der Waals surface area contributed by atoms with Crippen LogP contribution in [-0.2, 0) is 29.2 Å². The second kappa shape index (κ2) is 9.47. The number of phosphoric acid groups is 2. The fraction of sp³-hybridized carbons (Fsp3) is 0.412. The van der Waals surface area contributed by atoms with Crippen LogP contribution < -0.4 is 15.4 Å². The van der Waals surface area contributed by atoms with Gasteiger partial charge >= 0.3 is 15.6 Å². The number of anilines is 2. The molecule has 1 saturated heterocycles.